The lowest BCUT2D eigenvalue weighted by Crippen LogP contribution is -2.59. The van der Waals surface area contributed by atoms with E-state index in [2.05, 4.69) is 72.8 Å². The van der Waals surface area contributed by atoms with Crippen molar-refractivity contribution in [3.05, 3.63) is 72.8 Å². The largest absolute Gasteiger partial charge is 0.393 e. The second-order valence-corrected chi connectivity index (χ2v) is 10.3. The first kappa shape index (κ1) is 14.3. The van der Waals surface area contributed by atoms with E-state index in [1.807, 2.05) is 6.92 Å². The van der Waals surface area contributed by atoms with Gasteiger partial charge in [-0.25, -0.2) is 0 Å². The van der Waals surface area contributed by atoms with Crippen molar-refractivity contribution in [1.29, 1.82) is 0 Å². The zero-order valence-corrected chi connectivity index (χ0v) is 13.4. The van der Waals surface area contributed by atoms with Gasteiger partial charge in [0.05, 0.1) is 6.10 Å². The number of aliphatic hydroxyl groups excluding tert-OH is 1. The predicted octanol–water partition coefficient (Wildman–Crippen LogP) is 2.96. The third-order valence-corrected chi connectivity index (χ3v) is 9.92. The fourth-order valence-electron chi connectivity index (χ4n) is 3.68. The molecule has 0 saturated heterocycles. The van der Waals surface area contributed by atoms with Gasteiger partial charge in [0.25, 0.3) is 0 Å². The minimum atomic E-state index is -1.85. The number of aliphatic hydroxyl groups is 1. The minimum Gasteiger partial charge on any atom is -0.393 e. The molecule has 21 heavy (non-hydrogen) atoms. The van der Waals surface area contributed by atoms with Crippen LogP contribution < -0.4 is 10.4 Å². The van der Waals surface area contributed by atoms with Crippen molar-refractivity contribution in [1.82, 2.24) is 0 Å². The van der Waals surface area contributed by atoms with Gasteiger partial charge in [0.1, 0.15) is 8.07 Å². The average molecular weight is 294 g/mol. The van der Waals surface area contributed by atoms with Crippen molar-refractivity contribution in [3.8, 4) is 0 Å². The molecule has 2 heteroatoms. The van der Waals surface area contributed by atoms with Crippen molar-refractivity contribution in [2.75, 3.05) is 0 Å². The van der Waals surface area contributed by atoms with Crippen LogP contribution in [0.15, 0.2) is 72.8 Å². The Balaban J connectivity index is 2.12. The Labute approximate surface area is 128 Å². The lowest BCUT2D eigenvalue weighted by atomic mass is 10.2. The van der Waals surface area contributed by atoms with Crippen LogP contribution in [-0.2, 0) is 0 Å². The predicted molar refractivity (Wildman–Crippen MR) is 91.9 cm³/mol. The Morgan fingerprint density at radius 1 is 1.00 bits per heavy atom. The van der Waals surface area contributed by atoms with Crippen molar-refractivity contribution >= 4 is 18.4 Å². The monoisotopic (exact) mass is 294 g/mol. The Kier molecular flexibility index (Phi) is 4.09. The van der Waals surface area contributed by atoms with E-state index in [1.54, 1.807) is 0 Å². The van der Waals surface area contributed by atoms with Crippen LogP contribution in [0.3, 0.4) is 0 Å². The highest BCUT2D eigenvalue weighted by atomic mass is 28.3. The molecule has 1 nitrogen and oxygen atoms in total. The molecule has 0 aromatic heterocycles. The zero-order chi connectivity index (χ0) is 14.7. The first-order valence-electron chi connectivity index (χ1n) is 7.69. The van der Waals surface area contributed by atoms with E-state index in [9.17, 15) is 5.11 Å². The standard InChI is InChI=1S/C19H22OSi/c1-16(20)15-19-13-8-14-21(19,17-9-4-2-5-10-17)18-11-6-3-7-12-18/h2-13,16,19-20H,14-15H2,1H3/t16-,19+/m0/s1. The molecular formula is C19H22OSi. The molecule has 1 aliphatic heterocycles. The quantitative estimate of drug-likeness (QED) is 0.679. The Morgan fingerprint density at radius 3 is 2.00 bits per heavy atom. The van der Waals surface area contributed by atoms with E-state index in [0.717, 1.165) is 12.5 Å². The summed E-state index contributed by atoms with van der Waals surface area (Å²) in [6.07, 6.45) is 5.28. The van der Waals surface area contributed by atoms with E-state index < -0.39 is 8.07 Å². The fraction of sp³-hybridized carbons (Fsp3) is 0.263. The van der Waals surface area contributed by atoms with Gasteiger partial charge in [0, 0.05) is 0 Å². The minimum absolute atomic E-state index is 0.253. The maximum absolute atomic E-state index is 9.93. The average Bonchev–Trinajstić information content (AvgIpc) is 2.93. The van der Waals surface area contributed by atoms with Crippen LogP contribution in [0.1, 0.15) is 13.3 Å². The molecule has 0 amide bonds. The van der Waals surface area contributed by atoms with Gasteiger partial charge in [-0.3, -0.25) is 0 Å². The van der Waals surface area contributed by atoms with Gasteiger partial charge in [-0.1, -0.05) is 83.2 Å². The van der Waals surface area contributed by atoms with Gasteiger partial charge in [-0.15, -0.1) is 0 Å². The first-order valence-corrected chi connectivity index (χ1v) is 9.98. The molecule has 1 aliphatic rings. The molecule has 1 N–H and O–H groups in total. The number of benzene rings is 2. The molecule has 0 radical (unpaired) electrons. The molecule has 2 aromatic rings. The topological polar surface area (TPSA) is 20.2 Å². The van der Waals surface area contributed by atoms with Crippen LogP contribution in [0.2, 0.25) is 11.6 Å². The summed E-state index contributed by atoms with van der Waals surface area (Å²) < 4.78 is 0. The summed E-state index contributed by atoms with van der Waals surface area (Å²) >= 11 is 0. The SMILES string of the molecule is C[C@H](O)C[C@H]1C=CC[Si]1(c1ccccc1)c1ccccc1. The Morgan fingerprint density at radius 2 is 1.52 bits per heavy atom. The van der Waals surface area contributed by atoms with E-state index in [1.165, 1.54) is 10.4 Å². The molecule has 0 spiro atoms. The molecule has 1 heterocycles. The highest BCUT2D eigenvalue weighted by Crippen LogP contribution is 2.37. The van der Waals surface area contributed by atoms with Crippen molar-refractivity contribution in [3.63, 3.8) is 0 Å². The van der Waals surface area contributed by atoms with Crippen LogP contribution in [0.25, 0.3) is 0 Å². The second-order valence-electron chi connectivity index (χ2n) is 6.03. The summed E-state index contributed by atoms with van der Waals surface area (Å²) in [4.78, 5) is 0. The smallest absolute Gasteiger partial charge is 0.128 e. The lowest BCUT2D eigenvalue weighted by molar-refractivity contribution is 0.185. The number of hydrogen-bond donors (Lipinski definition) is 1. The van der Waals surface area contributed by atoms with Gasteiger partial charge < -0.3 is 5.11 Å². The third kappa shape index (κ3) is 2.61. The van der Waals surface area contributed by atoms with Crippen LogP contribution in [-0.4, -0.2) is 19.3 Å². The third-order valence-electron chi connectivity index (χ3n) is 4.61. The van der Waals surface area contributed by atoms with E-state index in [4.69, 9.17) is 0 Å². The summed E-state index contributed by atoms with van der Waals surface area (Å²) in [5.41, 5.74) is 0.474. The van der Waals surface area contributed by atoms with Crippen LogP contribution >= 0.6 is 0 Å². The second kappa shape index (κ2) is 6.00. The number of hydrogen-bond acceptors (Lipinski definition) is 1. The highest BCUT2D eigenvalue weighted by molar-refractivity contribution is 7.04. The summed E-state index contributed by atoms with van der Waals surface area (Å²) in [5.74, 6) is 0. The molecule has 0 fully saturated rings. The highest BCUT2D eigenvalue weighted by Gasteiger charge is 2.45. The van der Waals surface area contributed by atoms with Gasteiger partial charge in [-0.05, 0) is 24.9 Å². The molecule has 2 atom stereocenters. The molecule has 3 rings (SSSR count). The van der Waals surface area contributed by atoms with Gasteiger partial charge >= 0.3 is 0 Å². The Bertz CT molecular complexity index is 564. The van der Waals surface area contributed by atoms with E-state index in [0.29, 0.717) is 5.54 Å². The molecule has 0 aliphatic carbocycles. The van der Waals surface area contributed by atoms with E-state index in [-0.39, 0.29) is 6.10 Å². The molecule has 0 unspecified atom stereocenters. The Hall–Kier alpha value is -1.64. The number of allylic oxidation sites excluding steroid dienone is 2. The summed E-state index contributed by atoms with van der Waals surface area (Å²) in [6, 6.07) is 23.0. The normalized spacial score (nSPS) is 21.3. The van der Waals surface area contributed by atoms with E-state index >= 15 is 0 Å². The maximum Gasteiger partial charge on any atom is 0.128 e. The molecule has 0 bridgehead atoms. The summed E-state index contributed by atoms with van der Waals surface area (Å²) in [6.45, 7) is 1.90. The molecule has 2 aromatic carbocycles. The maximum atomic E-state index is 9.93. The van der Waals surface area contributed by atoms with Crippen LogP contribution in [0.5, 0.6) is 0 Å². The van der Waals surface area contributed by atoms with Gasteiger partial charge in [0.2, 0.25) is 0 Å². The fourth-order valence-corrected chi connectivity index (χ4v) is 8.94. The van der Waals surface area contributed by atoms with Crippen LogP contribution in [0.4, 0.5) is 0 Å². The van der Waals surface area contributed by atoms with Crippen LogP contribution in [0, 0.1) is 0 Å². The van der Waals surface area contributed by atoms with Crippen molar-refractivity contribution in [2.45, 2.75) is 31.0 Å². The van der Waals surface area contributed by atoms with Crippen molar-refractivity contribution in [2.24, 2.45) is 0 Å². The van der Waals surface area contributed by atoms with Gasteiger partial charge in [-0.2, -0.15) is 0 Å². The molecule has 108 valence electrons. The molecular weight excluding hydrogens is 272 g/mol. The first-order chi connectivity index (χ1) is 10.2. The molecule has 0 saturated carbocycles. The summed E-state index contributed by atoms with van der Waals surface area (Å²) in [7, 11) is -1.85. The van der Waals surface area contributed by atoms with Gasteiger partial charge in [0.15, 0.2) is 0 Å². The lowest BCUT2D eigenvalue weighted by Gasteiger charge is -2.35. The summed E-state index contributed by atoms with van der Waals surface area (Å²) in [5, 5.41) is 12.9. The van der Waals surface area contributed by atoms with Crippen molar-refractivity contribution < 1.29 is 5.11 Å². The zero-order valence-electron chi connectivity index (χ0n) is 12.4. The number of rotatable bonds is 4.